The van der Waals surface area contributed by atoms with E-state index in [0.717, 1.165) is 18.7 Å². The van der Waals surface area contributed by atoms with Crippen molar-refractivity contribution in [2.75, 3.05) is 44.4 Å². The number of carbonyl (C=O) groups excluding carboxylic acids is 2. The Balaban J connectivity index is 2.61. The van der Waals surface area contributed by atoms with E-state index in [0.29, 0.717) is 23.5 Å². The van der Waals surface area contributed by atoms with Crippen LogP contribution in [0.5, 0.6) is 0 Å². The van der Waals surface area contributed by atoms with Crippen LogP contribution in [-0.2, 0) is 4.79 Å². The summed E-state index contributed by atoms with van der Waals surface area (Å²) in [5.74, 6) is 0.765. The number of nitrogens with zero attached hydrogens (tertiary/aromatic N) is 1. The number of nitrogen functional groups attached to an aromatic ring is 1. The van der Waals surface area contributed by atoms with Gasteiger partial charge in [0.1, 0.15) is 6.04 Å². The van der Waals surface area contributed by atoms with Gasteiger partial charge in [-0.05, 0) is 51.3 Å². The maximum Gasteiger partial charge on any atom is 0.251 e. The van der Waals surface area contributed by atoms with Gasteiger partial charge in [0.15, 0.2) is 0 Å². The van der Waals surface area contributed by atoms with Crippen LogP contribution in [0.3, 0.4) is 0 Å². The fraction of sp³-hybridized carbons (Fsp3) is 0.444. The highest BCUT2D eigenvalue weighted by Crippen LogP contribution is 2.08. The normalized spacial score (nSPS) is 11.8. The number of hydrogen-bond acceptors (Lipinski definition) is 5. The minimum atomic E-state index is -0.589. The lowest BCUT2D eigenvalue weighted by Crippen LogP contribution is -2.48. The van der Waals surface area contributed by atoms with Crippen LogP contribution in [0.4, 0.5) is 5.69 Å². The zero-order valence-corrected chi connectivity index (χ0v) is 15.8. The van der Waals surface area contributed by atoms with Crippen LogP contribution < -0.4 is 16.4 Å². The van der Waals surface area contributed by atoms with E-state index >= 15 is 0 Å². The van der Waals surface area contributed by atoms with Crippen molar-refractivity contribution in [1.29, 1.82) is 0 Å². The molecule has 0 bridgehead atoms. The molecule has 1 aromatic rings. The van der Waals surface area contributed by atoms with Crippen molar-refractivity contribution < 1.29 is 9.59 Å². The minimum Gasteiger partial charge on any atom is -0.399 e. The molecule has 6 nitrogen and oxygen atoms in total. The predicted octanol–water partition coefficient (Wildman–Crippen LogP) is 1.35. The number of carbonyl (C=O) groups is 2. The number of nitrogens with one attached hydrogen (secondary N) is 2. The van der Waals surface area contributed by atoms with Gasteiger partial charge in [-0.25, -0.2) is 0 Å². The fourth-order valence-electron chi connectivity index (χ4n) is 2.06. The molecule has 2 amide bonds. The molecule has 138 valence electrons. The topological polar surface area (TPSA) is 87.5 Å². The van der Waals surface area contributed by atoms with Gasteiger partial charge >= 0.3 is 0 Å². The van der Waals surface area contributed by atoms with Crippen molar-refractivity contribution in [3.8, 4) is 0 Å². The van der Waals surface area contributed by atoms with Gasteiger partial charge in [-0.15, -0.1) is 6.58 Å². The second-order valence-corrected chi connectivity index (χ2v) is 7.00. The molecule has 0 aliphatic carbocycles. The fourth-order valence-corrected chi connectivity index (χ4v) is 2.83. The lowest BCUT2D eigenvalue weighted by molar-refractivity contribution is -0.122. The van der Waals surface area contributed by atoms with Crippen LogP contribution in [0.25, 0.3) is 0 Å². The molecule has 0 radical (unpaired) electrons. The summed E-state index contributed by atoms with van der Waals surface area (Å²) in [4.78, 5) is 26.8. The van der Waals surface area contributed by atoms with Crippen LogP contribution in [0, 0.1) is 0 Å². The molecule has 25 heavy (non-hydrogen) atoms. The Hall–Kier alpha value is -1.99. The van der Waals surface area contributed by atoms with Crippen LogP contribution in [0.1, 0.15) is 16.8 Å². The zero-order valence-electron chi connectivity index (χ0n) is 15.0. The molecule has 0 fully saturated rings. The standard InChI is InChI=1S/C18H28N4O2S/c1-4-12-25-13-16(18(24)20-10-5-11-22(2)3)21-17(23)14-6-8-15(19)9-7-14/h4,6-9,16H,1,5,10-13,19H2,2-3H3,(H,20,24)(H,21,23). The zero-order chi connectivity index (χ0) is 18.7. The molecule has 1 aromatic carbocycles. The first-order valence-corrected chi connectivity index (χ1v) is 9.37. The number of thioether (sulfide) groups is 1. The maximum atomic E-state index is 12.4. The summed E-state index contributed by atoms with van der Waals surface area (Å²) >= 11 is 1.55. The predicted molar refractivity (Wildman–Crippen MR) is 106 cm³/mol. The molecule has 0 aliphatic rings. The Morgan fingerprint density at radius 2 is 2.00 bits per heavy atom. The second-order valence-electron chi connectivity index (χ2n) is 5.92. The van der Waals surface area contributed by atoms with Gasteiger partial charge in [0.05, 0.1) is 0 Å². The van der Waals surface area contributed by atoms with E-state index in [-0.39, 0.29) is 11.8 Å². The highest BCUT2D eigenvalue weighted by atomic mass is 32.2. The molecule has 0 spiro atoms. The van der Waals surface area contributed by atoms with E-state index in [1.165, 1.54) is 0 Å². The van der Waals surface area contributed by atoms with E-state index in [2.05, 4.69) is 22.1 Å². The van der Waals surface area contributed by atoms with E-state index in [1.807, 2.05) is 14.1 Å². The Kier molecular flexibility index (Phi) is 9.72. The van der Waals surface area contributed by atoms with Gasteiger partial charge in [0.25, 0.3) is 5.91 Å². The summed E-state index contributed by atoms with van der Waals surface area (Å²) in [6.45, 7) is 5.15. The van der Waals surface area contributed by atoms with Crippen molar-refractivity contribution in [2.45, 2.75) is 12.5 Å². The molecule has 1 unspecified atom stereocenters. The summed E-state index contributed by atoms with van der Waals surface area (Å²) in [7, 11) is 3.98. The molecule has 1 atom stereocenters. The maximum absolute atomic E-state index is 12.4. The van der Waals surface area contributed by atoms with Gasteiger partial charge in [0, 0.05) is 29.3 Å². The van der Waals surface area contributed by atoms with Crippen molar-refractivity contribution in [1.82, 2.24) is 15.5 Å². The highest BCUT2D eigenvalue weighted by Gasteiger charge is 2.21. The highest BCUT2D eigenvalue weighted by molar-refractivity contribution is 7.99. The van der Waals surface area contributed by atoms with E-state index < -0.39 is 6.04 Å². The van der Waals surface area contributed by atoms with Crippen molar-refractivity contribution >= 4 is 29.3 Å². The molecule has 4 N–H and O–H groups in total. The van der Waals surface area contributed by atoms with Crippen LogP contribution >= 0.6 is 11.8 Å². The van der Waals surface area contributed by atoms with Gasteiger partial charge in [-0.1, -0.05) is 6.08 Å². The molecule has 0 aliphatic heterocycles. The molecule has 0 aromatic heterocycles. The Morgan fingerprint density at radius 1 is 1.32 bits per heavy atom. The summed E-state index contributed by atoms with van der Waals surface area (Å²) < 4.78 is 0. The Bertz CT molecular complexity index is 561. The SMILES string of the molecule is C=CCSCC(NC(=O)c1ccc(N)cc1)C(=O)NCCCN(C)C. The van der Waals surface area contributed by atoms with Gasteiger partial charge in [0.2, 0.25) is 5.91 Å². The first-order chi connectivity index (χ1) is 11.9. The molecule has 0 saturated carbocycles. The summed E-state index contributed by atoms with van der Waals surface area (Å²) in [5, 5.41) is 5.70. The number of rotatable bonds is 11. The summed E-state index contributed by atoms with van der Waals surface area (Å²) in [6, 6.07) is 6.03. The monoisotopic (exact) mass is 364 g/mol. The Morgan fingerprint density at radius 3 is 2.60 bits per heavy atom. The van der Waals surface area contributed by atoms with Crippen LogP contribution in [0.15, 0.2) is 36.9 Å². The van der Waals surface area contributed by atoms with E-state index in [1.54, 1.807) is 42.1 Å². The Labute approximate surface area is 154 Å². The van der Waals surface area contributed by atoms with Crippen molar-refractivity contribution in [2.24, 2.45) is 0 Å². The minimum absolute atomic E-state index is 0.167. The van der Waals surface area contributed by atoms with Gasteiger partial charge < -0.3 is 21.3 Å². The van der Waals surface area contributed by atoms with Gasteiger partial charge in [-0.2, -0.15) is 11.8 Å². The van der Waals surface area contributed by atoms with E-state index in [4.69, 9.17) is 5.73 Å². The average Bonchev–Trinajstić information content (AvgIpc) is 2.58. The third kappa shape index (κ3) is 8.60. The largest absolute Gasteiger partial charge is 0.399 e. The molecule has 0 saturated heterocycles. The molecular weight excluding hydrogens is 336 g/mol. The number of anilines is 1. The molecule has 0 heterocycles. The number of benzene rings is 1. The van der Waals surface area contributed by atoms with Gasteiger partial charge in [-0.3, -0.25) is 9.59 Å². The first kappa shape index (κ1) is 21.1. The molecular formula is C18H28N4O2S. The quantitative estimate of drug-likeness (QED) is 0.313. The third-order valence-corrected chi connectivity index (χ3v) is 4.44. The summed E-state index contributed by atoms with van der Waals surface area (Å²) in [6.07, 6.45) is 2.63. The second kappa shape index (κ2) is 11.5. The number of hydrogen-bond donors (Lipinski definition) is 3. The first-order valence-electron chi connectivity index (χ1n) is 8.21. The number of nitrogens with two attached hydrogens (primary N) is 1. The van der Waals surface area contributed by atoms with Crippen molar-refractivity contribution in [3.05, 3.63) is 42.5 Å². The van der Waals surface area contributed by atoms with Crippen LogP contribution in [0.2, 0.25) is 0 Å². The smallest absolute Gasteiger partial charge is 0.251 e. The van der Waals surface area contributed by atoms with Crippen LogP contribution in [-0.4, -0.2) is 61.4 Å². The van der Waals surface area contributed by atoms with Crippen molar-refractivity contribution in [3.63, 3.8) is 0 Å². The molecule has 1 rings (SSSR count). The lowest BCUT2D eigenvalue weighted by atomic mass is 10.2. The molecule has 7 heteroatoms. The summed E-state index contributed by atoms with van der Waals surface area (Å²) in [5.41, 5.74) is 6.71. The third-order valence-electron chi connectivity index (χ3n) is 3.40. The van der Waals surface area contributed by atoms with E-state index in [9.17, 15) is 9.59 Å². The average molecular weight is 365 g/mol. The lowest BCUT2D eigenvalue weighted by Gasteiger charge is -2.18. The number of amides is 2.